The Morgan fingerprint density at radius 2 is 1.95 bits per heavy atom. The second kappa shape index (κ2) is 7.66. The Labute approximate surface area is 114 Å². The van der Waals surface area contributed by atoms with Crippen LogP contribution in [-0.2, 0) is 9.53 Å². The maximum Gasteiger partial charge on any atom is 0.413 e. The summed E-state index contributed by atoms with van der Waals surface area (Å²) in [6.07, 6.45) is 0.689. The van der Waals surface area contributed by atoms with Crippen LogP contribution in [0.25, 0.3) is 0 Å². The first-order chi connectivity index (χ1) is 8.61. The summed E-state index contributed by atoms with van der Waals surface area (Å²) >= 11 is 0. The average molecular weight is 272 g/mol. The molecule has 0 saturated heterocycles. The van der Waals surface area contributed by atoms with Crippen molar-refractivity contribution in [1.29, 1.82) is 0 Å². The molecule has 0 fully saturated rings. The molecule has 0 aliphatic heterocycles. The van der Waals surface area contributed by atoms with Crippen LogP contribution in [0.4, 0.5) is 4.79 Å². The largest absolute Gasteiger partial charge is 0.481 e. The van der Waals surface area contributed by atoms with Gasteiger partial charge in [0.05, 0.1) is 5.92 Å². The third-order valence-corrected chi connectivity index (χ3v) is 2.23. The fraction of sp³-hybridized carbons (Fsp3) is 0.692. The van der Waals surface area contributed by atoms with Gasteiger partial charge in [0.25, 0.3) is 0 Å². The van der Waals surface area contributed by atoms with Crippen molar-refractivity contribution >= 4 is 12.1 Å². The standard InChI is InChI=1S/C13H24N2O4/c1-9(11(16)17)7-6-8-14-10(2)15-12(18)19-13(3,4)5/h9,14H,2,6-8H2,1,3-5H3,(H,15,18)(H,16,17)/t9-/m1/s1. The molecule has 110 valence electrons. The van der Waals surface area contributed by atoms with E-state index in [9.17, 15) is 9.59 Å². The second-order valence-corrected chi connectivity index (χ2v) is 5.41. The van der Waals surface area contributed by atoms with E-state index < -0.39 is 17.7 Å². The highest BCUT2D eigenvalue weighted by Crippen LogP contribution is 2.07. The van der Waals surface area contributed by atoms with Crippen LogP contribution in [-0.4, -0.2) is 29.3 Å². The van der Waals surface area contributed by atoms with Gasteiger partial charge in [-0.25, -0.2) is 4.79 Å². The molecule has 0 aromatic rings. The van der Waals surface area contributed by atoms with Gasteiger partial charge in [-0.15, -0.1) is 0 Å². The number of aliphatic carboxylic acids is 1. The molecule has 0 aliphatic rings. The Morgan fingerprint density at radius 1 is 1.37 bits per heavy atom. The van der Waals surface area contributed by atoms with Crippen molar-refractivity contribution < 1.29 is 19.4 Å². The number of carboxylic acid groups (broad SMARTS) is 1. The van der Waals surface area contributed by atoms with E-state index in [-0.39, 0.29) is 5.92 Å². The van der Waals surface area contributed by atoms with Crippen LogP contribution in [0.15, 0.2) is 12.4 Å². The lowest BCUT2D eigenvalue weighted by atomic mass is 10.1. The van der Waals surface area contributed by atoms with Crippen LogP contribution in [0.5, 0.6) is 0 Å². The normalized spacial score (nSPS) is 12.4. The monoisotopic (exact) mass is 272 g/mol. The van der Waals surface area contributed by atoms with Gasteiger partial charge < -0.3 is 15.2 Å². The van der Waals surface area contributed by atoms with Crippen molar-refractivity contribution in [2.75, 3.05) is 6.54 Å². The smallest absolute Gasteiger partial charge is 0.413 e. The van der Waals surface area contributed by atoms with Crippen molar-refractivity contribution in [2.24, 2.45) is 5.92 Å². The number of hydrogen-bond donors (Lipinski definition) is 3. The molecule has 1 atom stereocenters. The highest BCUT2D eigenvalue weighted by Gasteiger charge is 2.16. The number of rotatable bonds is 7. The number of carbonyl (C=O) groups is 2. The zero-order valence-corrected chi connectivity index (χ0v) is 12.1. The van der Waals surface area contributed by atoms with Crippen LogP contribution in [0.1, 0.15) is 40.5 Å². The lowest BCUT2D eigenvalue weighted by molar-refractivity contribution is -0.141. The fourth-order valence-corrected chi connectivity index (χ4v) is 1.24. The van der Waals surface area contributed by atoms with Crippen LogP contribution in [0, 0.1) is 5.92 Å². The van der Waals surface area contributed by atoms with Crippen LogP contribution >= 0.6 is 0 Å². The average Bonchev–Trinajstić information content (AvgIpc) is 2.20. The predicted octanol–water partition coefficient (Wildman–Crippen LogP) is 2.07. The fourth-order valence-electron chi connectivity index (χ4n) is 1.24. The van der Waals surface area contributed by atoms with Crippen molar-refractivity contribution in [3.8, 4) is 0 Å². The maximum atomic E-state index is 11.4. The summed E-state index contributed by atoms with van der Waals surface area (Å²) in [6, 6.07) is 0. The number of carbonyl (C=O) groups excluding carboxylic acids is 1. The Bertz CT molecular complexity index is 334. The summed E-state index contributed by atoms with van der Waals surface area (Å²) in [5.74, 6) is -0.822. The van der Waals surface area contributed by atoms with Gasteiger partial charge in [0.1, 0.15) is 11.4 Å². The molecule has 0 bridgehead atoms. The summed E-state index contributed by atoms with van der Waals surface area (Å²) in [6.45, 7) is 11.2. The first kappa shape index (κ1) is 17.3. The lowest BCUT2D eigenvalue weighted by Crippen LogP contribution is -2.36. The highest BCUT2D eigenvalue weighted by atomic mass is 16.6. The molecule has 0 saturated carbocycles. The number of carboxylic acids is 1. The summed E-state index contributed by atoms with van der Waals surface area (Å²) in [5.41, 5.74) is -0.554. The molecule has 19 heavy (non-hydrogen) atoms. The van der Waals surface area contributed by atoms with E-state index in [4.69, 9.17) is 9.84 Å². The SMILES string of the molecule is C=C(NCCC[C@@H](C)C(=O)O)NC(=O)OC(C)(C)C. The third kappa shape index (κ3) is 9.93. The van der Waals surface area contributed by atoms with E-state index >= 15 is 0 Å². The first-order valence-corrected chi connectivity index (χ1v) is 6.27. The topological polar surface area (TPSA) is 87.7 Å². The summed E-state index contributed by atoms with van der Waals surface area (Å²) in [4.78, 5) is 22.0. The zero-order valence-electron chi connectivity index (χ0n) is 12.1. The van der Waals surface area contributed by atoms with Gasteiger partial charge in [-0.3, -0.25) is 10.1 Å². The van der Waals surface area contributed by atoms with Crippen LogP contribution < -0.4 is 10.6 Å². The van der Waals surface area contributed by atoms with Gasteiger partial charge in [-0.05, 0) is 33.6 Å². The third-order valence-electron chi connectivity index (χ3n) is 2.23. The number of alkyl carbamates (subject to hydrolysis) is 1. The molecular weight excluding hydrogens is 248 g/mol. The molecule has 6 nitrogen and oxygen atoms in total. The summed E-state index contributed by atoms with van der Waals surface area (Å²) in [7, 11) is 0. The molecule has 3 N–H and O–H groups in total. The van der Waals surface area contributed by atoms with E-state index in [1.54, 1.807) is 27.7 Å². The number of amides is 1. The molecule has 0 aromatic heterocycles. The van der Waals surface area contributed by atoms with Gasteiger partial charge >= 0.3 is 12.1 Å². The minimum atomic E-state index is -0.800. The van der Waals surface area contributed by atoms with Crippen LogP contribution in [0.2, 0.25) is 0 Å². The maximum absolute atomic E-state index is 11.4. The number of ether oxygens (including phenoxy) is 1. The Hall–Kier alpha value is -1.72. The Kier molecular flexibility index (Phi) is 6.96. The molecule has 0 radical (unpaired) electrons. The van der Waals surface area contributed by atoms with E-state index in [0.717, 1.165) is 0 Å². The first-order valence-electron chi connectivity index (χ1n) is 6.27. The molecule has 1 amide bonds. The minimum absolute atomic E-state index is 0.345. The van der Waals surface area contributed by atoms with Crippen molar-refractivity contribution in [3.63, 3.8) is 0 Å². The molecule has 0 aromatic carbocycles. The van der Waals surface area contributed by atoms with E-state index in [1.165, 1.54) is 0 Å². The predicted molar refractivity (Wildman–Crippen MR) is 72.5 cm³/mol. The molecule has 0 unspecified atom stereocenters. The molecule has 0 aliphatic carbocycles. The van der Waals surface area contributed by atoms with Gasteiger partial charge in [0, 0.05) is 6.54 Å². The Balaban J connectivity index is 3.76. The van der Waals surface area contributed by atoms with Crippen LogP contribution in [0.3, 0.4) is 0 Å². The van der Waals surface area contributed by atoms with Crippen molar-refractivity contribution in [3.05, 3.63) is 12.4 Å². The van der Waals surface area contributed by atoms with Gasteiger partial charge in [-0.1, -0.05) is 13.5 Å². The second-order valence-electron chi connectivity index (χ2n) is 5.41. The molecule has 0 spiro atoms. The molecule has 6 heteroatoms. The molecule has 0 heterocycles. The lowest BCUT2D eigenvalue weighted by Gasteiger charge is -2.20. The number of nitrogens with one attached hydrogen (secondary N) is 2. The van der Waals surface area contributed by atoms with Gasteiger partial charge in [-0.2, -0.15) is 0 Å². The highest BCUT2D eigenvalue weighted by molar-refractivity contribution is 5.69. The quantitative estimate of drug-likeness (QED) is 0.617. The van der Waals surface area contributed by atoms with Crippen molar-refractivity contribution in [2.45, 2.75) is 46.1 Å². The zero-order chi connectivity index (χ0) is 15.1. The van der Waals surface area contributed by atoms with E-state index in [2.05, 4.69) is 17.2 Å². The van der Waals surface area contributed by atoms with E-state index in [1.807, 2.05) is 0 Å². The van der Waals surface area contributed by atoms with E-state index in [0.29, 0.717) is 25.2 Å². The summed E-state index contributed by atoms with van der Waals surface area (Å²) in [5, 5.41) is 14.1. The van der Waals surface area contributed by atoms with Gasteiger partial charge in [0.15, 0.2) is 0 Å². The number of hydrogen-bond acceptors (Lipinski definition) is 4. The van der Waals surface area contributed by atoms with Gasteiger partial charge in [0.2, 0.25) is 0 Å². The van der Waals surface area contributed by atoms with Crippen molar-refractivity contribution in [1.82, 2.24) is 10.6 Å². The Morgan fingerprint density at radius 3 is 2.42 bits per heavy atom. The molecule has 0 rings (SSSR count). The summed E-state index contributed by atoms with van der Waals surface area (Å²) < 4.78 is 5.06. The molecular formula is C13H24N2O4. The minimum Gasteiger partial charge on any atom is -0.481 e.